The fourth-order valence-corrected chi connectivity index (χ4v) is 4.92. The Kier molecular flexibility index (Phi) is 6.04. The monoisotopic (exact) mass is 375 g/mol. The Hall–Kier alpha value is -1.92. The number of carbonyl (C=O) groups excluding carboxylic acids is 2. The minimum Gasteiger partial charge on any atom is -0.465 e. The summed E-state index contributed by atoms with van der Waals surface area (Å²) in [5.41, 5.74) is 1.61. The Morgan fingerprint density at radius 3 is 2.72 bits per heavy atom. The molecule has 2 aromatic heterocycles. The molecule has 25 heavy (non-hydrogen) atoms. The van der Waals surface area contributed by atoms with Crippen LogP contribution in [0, 0.1) is 0 Å². The van der Waals surface area contributed by atoms with Crippen LogP contribution in [-0.2, 0) is 22.4 Å². The lowest BCUT2D eigenvalue weighted by atomic mass is 9.96. The fourth-order valence-electron chi connectivity index (χ4n) is 3.02. The smallest absolute Gasteiger partial charge is 0.341 e. The molecule has 0 saturated carbocycles. The second kappa shape index (κ2) is 8.45. The molecule has 1 amide bonds. The SMILES string of the molecule is COC(=O)c1c(NC(=O)/C=C/c2cccs2)sc2c1CCCCCC2. The molecular formula is C19H21NO3S2. The quantitative estimate of drug-likeness (QED) is 0.610. The maximum atomic E-state index is 12.3. The molecule has 0 saturated heterocycles. The lowest BCUT2D eigenvalue weighted by Gasteiger charge is -2.10. The number of esters is 1. The van der Waals surface area contributed by atoms with Gasteiger partial charge in [0.05, 0.1) is 12.7 Å². The van der Waals surface area contributed by atoms with Gasteiger partial charge in [0.2, 0.25) is 5.91 Å². The van der Waals surface area contributed by atoms with Crippen LogP contribution in [0.3, 0.4) is 0 Å². The van der Waals surface area contributed by atoms with Crippen molar-refractivity contribution in [2.24, 2.45) is 0 Å². The number of thiophene rings is 2. The van der Waals surface area contributed by atoms with Crippen molar-refractivity contribution in [3.05, 3.63) is 44.5 Å². The molecule has 2 aromatic rings. The van der Waals surface area contributed by atoms with Crippen LogP contribution >= 0.6 is 22.7 Å². The Morgan fingerprint density at radius 1 is 1.20 bits per heavy atom. The van der Waals surface area contributed by atoms with E-state index in [1.807, 2.05) is 17.5 Å². The molecule has 0 aliphatic heterocycles. The topological polar surface area (TPSA) is 55.4 Å². The average molecular weight is 376 g/mol. The lowest BCUT2D eigenvalue weighted by molar-refractivity contribution is -0.111. The first-order chi connectivity index (χ1) is 12.2. The van der Waals surface area contributed by atoms with Gasteiger partial charge >= 0.3 is 5.97 Å². The third-order valence-corrected chi connectivity index (χ3v) is 6.28. The van der Waals surface area contributed by atoms with Gasteiger partial charge in [-0.3, -0.25) is 4.79 Å². The number of aryl methyl sites for hydroxylation is 1. The van der Waals surface area contributed by atoms with Gasteiger partial charge in [-0.1, -0.05) is 18.9 Å². The number of hydrogen-bond donors (Lipinski definition) is 1. The Balaban J connectivity index is 1.85. The minimum atomic E-state index is -0.365. The average Bonchev–Trinajstić information content (AvgIpc) is 3.21. The van der Waals surface area contributed by atoms with Crippen LogP contribution in [0.1, 0.15) is 51.4 Å². The first kappa shape index (κ1) is 17.9. The minimum absolute atomic E-state index is 0.229. The van der Waals surface area contributed by atoms with Crippen LogP contribution in [0.5, 0.6) is 0 Å². The van der Waals surface area contributed by atoms with Crippen LogP contribution in [0.4, 0.5) is 5.00 Å². The third kappa shape index (κ3) is 4.38. The number of ether oxygens (including phenoxy) is 1. The number of amides is 1. The van der Waals surface area contributed by atoms with Gasteiger partial charge in [0.25, 0.3) is 0 Å². The Labute approximate surface area is 155 Å². The lowest BCUT2D eigenvalue weighted by Crippen LogP contribution is -2.12. The van der Waals surface area contributed by atoms with E-state index in [-0.39, 0.29) is 11.9 Å². The highest BCUT2D eigenvalue weighted by molar-refractivity contribution is 7.17. The van der Waals surface area contributed by atoms with Gasteiger partial charge in [0.15, 0.2) is 0 Å². The molecule has 4 nitrogen and oxygen atoms in total. The van der Waals surface area contributed by atoms with Gasteiger partial charge in [0.1, 0.15) is 5.00 Å². The summed E-state index contributed by atoms with van der Waals surface area (Å²) in [7, 11) is 1.39. The zero-order valence-electron chi connectivity index (χ0n) is 14.2. The summed E-state index contributed by atoms with van der Waals surface area (Å²) in [4.78, 5) is 26.8. The summed E-state index contributed by atoms with van der Waals surface area (Å²) >= 11 is 3.09. The van der Waals surface area contributed by atoms with Crippen molar-refractivity contribution in [3.8, 4) is 0 Å². The Morgan fingerprint density at radius 2 is 2.00 bits per heavy atom. The summed E-state index contributed by atoms with van der Waals surface area (Å²) in [6.07, 6.45) is 9.71. The summed E-state index contributed by atoms with van der Waals surface area (Å²) in [6.45, 7) is 0. The van der Waals surface area contributed by atoms with Gasteiger partial charge in [-0.2, -0.15) is 0 Å². The van der Waals surface area contributed by atoms with E-state index in [1.165, 1.54) is 42.2 Å². The van der Waals surface area contributed by atoms with E-state index in [4.69, 9.17) is 4.74 Å². The van der Waals surface area contributed by atoms with Crippen molar-refractivity contribution in [2.75, 3.05) is 12.4 Å². The molecule has 132 valence electrons. The molecular weight excluding hydrogens is 354 g/mol. The van der Waals surface area contributed by atoms with E-state index in [0.717, 1.165) is 36.1 Å². The molecule has 2 heterocycles. The van der Waals surface area contributed by atoms with E-state index >= 15 is 0 Å². The molecule has 0 unspecified atom stereocenters. The fraction of sp³-hybridized carbons (Fsp3) is 0.368. The van der Waals surface area contributed by atoms with Crippen LogP contribution in [0.25, 0.3) is 6.08 Å². The van der Waals surface area contributed by atoms with E-state index in [2.05, 4.69) is 5.32 Å². The number of nitrogens with one attached hydrogen (secondary N) is 1. The number of carbonyl (C=O) groups is 2. The van der Waals surface area contributed by atoms with Gasteiger partial charge in [-0.05, 0) is 48.8 Å². The third-order valence-electron chi connectivity index (χ3n) is 4.24. The maximum absolute atomic E-state index is 12.3. The predicted molar refractivity (Wildman–Crippen MR) is 104 cm³/mol. The van der Waals surface area contributed by atoms with Crippen LogP contribution in [-0.4, -0.2) is 19.0 Å². The van der Waals surface area contributed by atoms with Gasteiger partial charge < -0.3 is 10.1 Å². The molecule has 0 radical (unpaired) electrons. The summed E-state index contributed by atoms with van der Waals surface area (Å²) in [6, 6.07) is 3.89. The molecule has 0 atom stereocenters. The number of fused-ring (bicyclic) bond motifs is 1. The Bertz CT molecular complexity index is 775. The van der Waals surface area contributed by atoms with Crippen molar-refractivity contribution in [1.82, 2.24) is 0 Å². The molecule has 6 heteroatoms. The predicted octanol–water partition coefficient (Wildman–Crippen LogP) is 4.91. The van der Waals surface area contributed by atoms with Gasteiger partial charge in [-0.25, -0.2) is 4.79 Å². The van der Waals surface area contributed by atoms with Crippen LogP contribution < -0.4 is 5.32 Å². The molecule has 0 fully saturated rings. The molecule has 1 aliphatic rings. The highest BCUT2D eigenvalue weighted by atomic mass is 32.1. The molecule has 0 bridgehead atoms. The summed E-state index contributed by atoms with van der Waals surface area (Å²) < 4.78 is 4.97. The number of rotatable bonds is 4. The van der Waals surface area contributed by atoms with Crippen LogP contribution in [0.2, 0.25) is 0 Å². The maximum Gasteiger partial charge on any atom is 0.341 e. The highest BCUT2D eigenvalue weighted by Gasteiger charge is 2.25. The first-order valence-electron chi connectivity index (χ1n) is 8.44. The van der Waals surface area contributed by atoms with E-state index < -0.39 is 0 Å². The molecule has 3 rings (SSSR count). The van der Waals surface area contributed by atoms with E-state index in [9.17, 15) is 9.59 Å². The summed E-state index contributed by atoms with van der Waals surface area (Å²) in [5.74, 6) is -0.594. The molecule has 0 aromatic carbocycles. The standard InChI is InChI=1S/C19H21NO3S2/c1-23-19(22)17-14-8-4-2-3-5-9-15(14)25-18(17)20-16(21)11-10-13-7-6-12-24-13/h6-7,10-12H,2-5,8-9H2,1H3,(H,20,21)/b11-10+. The zero-order chi connectivity index (χ0) is 17.6. The molecule has 1 aliphatic carbocycles. The molecule has 1 N–H and O–H groups in total. The first-order valence-corrected chi connectivity index (χ1v) is 10.1. The van der Waals surface area contributed by atoms with Crippen molar-refractivity contribution in [3.63, 3.8) is 0 Å². The van der Waals surface area contributed by atoms with E-state index in [0.29, 0.717) is 10.6 Å². The number of methoxy groups -OCH3 is 1. The normalized spacial score (nSPS) is 14.6. The van der Waals surface area contributed by atoms with Gasteiger partial charge in [-0.15, -0.1) is 22.7 Å². The van der Waals surface area contributed by atoms with Crippen LogP contribution in [0.15, 0.2) is 23.6 Å². The highest BCUT2D eigenvalue weighted by Crippen LogP contribution is 2.37. The zero-order valence-corrected chi connectivity index (χ0v) is 15.8. The van der Waals surface area contributed by atoms with Crippen molar-refractivity contribution >= 4 is 45.6 Å². The van der Waals surface area contributed by atoms with Crippen molar-refractivity contribution in [2.45, 2.75) is 38.5 Å². The van der Waals surface area contributed by atoms with E-state index in [1.54, 1.807) is 17.4 Å². The number of anilines is 1. The van der Waals surface area contributed by atoms with Crippen molar-refractivity contribution < 1.29 is 14.3 Å². The number of hydrogen-bond acceptors (Lipinski definition) is 5. The molecule has 0 spiro atoms. The summed E-state index contributed by atoms with van der Waals surface area (Å²) in [5, 5.41) is 5.46. The second-order valence-electron chi connectivity index (χ2n) is 5.95. The second-order valence-corrected chi connectivity index (χ2v) is 8.04. The largest absolute Gasteiger partial charge is 0.465 e. The van der Waals surface area contributed by atoms with Crippen molar-refractivity contribution in [1.29, 1.82) is 0 Å². The van der Waals surface area contributed by atoms with Gasteiger partial charge in [0, 0.05) is 15.8 Å².